The lowest BCUT2D eigenvalue weighted by molar-refractivity contribution is 0.0962. The Morgan fingerprint density at radius 3 is 2.60 bits per heavy atom. The molecule has 1 aliphatic rings. The molecule has 0 spiro atoms. The van der Waals surface area contributed by atoms with Gasteiger partial charge >= 0.3 is 0 Å². The van der Waals surface area contributed by atoms with E-state index in [2.05, 4.69) is 15.1 Å². The van der Waals surface area contributed by atoms with Crippen molar-refractivity contribution in [2.45, 2.75) is 19.8 Å². The number of piperazine rings is 1. The van der Waals surface area contributed by atoms with Crippen molar-refractivity contribution in [3.8, 4) is 5.75 Å². The average Bonchev–Trinajstić information content (AvgIpc) is 2.75. The summed E-state index contributed by atoms with van der Waals surface area (Å²) in [4.78, 5) is 16.6. The minimum absolute atomic E-state index is 0.0956. The van der Waals surface area contributed by atoms with E-state index in [1.54, 1.807) is 13.1 Å². The highest BCUT2D eigenvalue weighted by atomic mass is 35.5. The summed E-state index contributed by atoms with van der Waals surface area (Å²) in [6.45, 7) is 7.58. The molecule has 1 aliphatic heterocycles. The zero-order valence-electron chi connectivity index (χ0n) is 17.6. The van der Waals surface area contributed by atoms with E-state index in [4.69, 9.17) is 27.9 Å². The van der Waals surface area contributed by atoms with Crippen LogP contribution >= 0.6 is 23.2 Å². The van der Waals surface area contributed by atoms with Gasteiger partial charge in [-0.2, -0.15) is 0 Å². The normalized spacial score (nSPS) is 14.6. The summed E-state index contributed by atoms with van der Waals surface area (Å²) in [6.07, 6.45) is 2.05. The molecule has 0 atom stereocenters. The smallest absolute Gasteiger partial charge is 0.251 e. The summed E-state index contributed by atoms with van der Waals surface area (Å²) in [5, 5.41) is 3.89. The lowest BCUT2D eigenvalue weighted by Crippen LogP contribution is -2.46. The van der Waals surface area contributed by atoms with Crippen LogP contribution in [0.25, 0.3) is 0 Å². The van der Waals surface area contributed by atoms with Gasteiger partial charge in [0, 0.05) is 38.8 Å². The number of hydrogen-bond acceptors (Lipinski definition) is 4. The first-order valence-electron chi connectivity index (χ1n) is 10.4. The Balaban J connectivity index is 1.38. The maximum absolute atomic E-state index is 11.8. The molecule has 0 saturated carbocycles. The third kappa shape index (κ3) is 6.03. The van der Waals surface area contributed by atoms with Gasteiger partial charge in [-0.25, -0.2) is 0 Å². The second-order valence-electron chi connectivity index (χ2n) is 7.57. The highest BCUT2D eigenvalue weighted by molar-refractivity contribution is 6.43. The molecule has 0 aliphatic carbocycles. The van der Waals surface area contributed by atoms with Crippen LogP contribution in [0.15, 0.2) is 36.4 Å². The van der Waals surface area contributed by atoms with Gasteiger partial charge in [0.25, 0.3) is 5.91 Å². The maximum Gasteiger partial charge on any atom is 0.251 e. The summed E-state index contributed by atoms with van der Waals surface area (Å²) in [7, 11) is 1.63. The van der Waals surface area contributed by atoms with Crippen LogP contribution in [0.3, 0.4) is 0 Å². The minimum atomic E-state index is -0.0956. The molecule has 0 unspecified atom stereocenters. The number of aryl methyl sites for hydroxylation is 1. The summed E-state index contributed by atoms with van der Waals surface area (Å²) in [6, 6.07) is 11.4. The van der Waals surface area contributed by atoms with Crippen molar-refractivity contribution in [1.82, 2.24) is 10.2 Å². The van der Waals surface area contributed by atoms with Crippen LogP contribution in [0, 0.1) is 6.92 Å². The monoisotopic (exact) mass is 449 g/mol. The molecule has 1 fully saturated rings. The predicted octanol–water partition coefficient (Wildman–Crippen LogP) is 4.64. The fourth-order valence-electron chi connectivity index (χ4n) is 3.68. The molecule has 1 heterocycles. The van der Waals surface area contributed by atoms with Gasteiger partial charge in [0.05, 0.1) is 22.3 Å². The Bertz CT molecular complexity index is 868. The fraction of sp³-hybridized carbons (Fsp3) is 0.435. The first kappa shape index (κ1) is 22.7. The molecule has 2 aromatic carbocycles. The van der Waals surface area contributed by atoms with Crippen molar-refractivity contribution in [3.63, 3.8) is 0 Å². The number of ether oxygens (including phenoxy) is 1. The number of amides is 1. The largest absolute Gasteiger partial charge is 0.494 e. The van der Waals surface area contributed by atoms with Crippen molar-refractivity contribution < 1.29 is 9.53 Å². The van der Waals surface area contributed by atoms with Crippen molar-refractivity contribution in [2.24, 2.45) is 0 Å². The van der Waals surface area contributed by atoms with Crippen LogP contribution in [-0.4, -0.2) is 57.2 Å². The van der Waals surface area contributed by atoms with Gasteiger partial charge in [-0.05, 0) is 62.2 Å². The van der Waals surface area contributed by atoms with Gasteiger partial charge in [-0.1, -0.05) is 29.3 Å². The second-order valence-corrected chi connectivity index (χ2v) is 8.36. The van der Waals surface area contributed by atoms with Crippen LogP contribution in [0.4, 0.5) is 5.69 Å². The van der Waals surface area contributed by atoms with E-state index < -0.39 is 0 Å². The third-order valence-electron chi connectivity index (χ3n) is 5.32. The van der Waals surface area contributed by atoms with Crippen LogP contribution in [0.2, 0.25) is 10.0 Å². The number of unbranched alkanes of at least 4 members (excludes halogenated alkanes) is 1. The minimum Gasteiger partial charge on any atom is -0.494 e. The van der Waals surface area contributed by atoms with Crippen LogP contribution in [0.5, 0.6) is 5.75 Å². The van der Waals surface area contributed by atoms with Gasteiger partial charge in [-0.3, -0.25) is 9.69 Å². The zero-order valence-corrected chi connectivity index (χ0v) is 19.1. The number of carbonyl (C=O) groups excluding carboxylic acids is 1. The molecule has 0 bridgehead atoms. The first-order valence-corrected chi connectivity index (χ1v) is 11.1. The standard InChI is InChI=1S/C23H29Cl2N3O2/c1-17-14-18(23(29)26-2)16-19(15-17)30-13-4-3-8-27-9-11-28(12-10-27)21-7-5-6-20(24)22(21)25/h5-7,14-16H,3-4,8-13H2,1-2H3,(H,26,29). The molecule has 0 aromatic heterocycles. The van der Waals surface area contributed by atoms with Crippen molar-refractivity contribution >= 4 is 34.8 Å². The van der Waals surface area contributed by atoms with E-state index in [1.807, 2.05) is 37.3 Å². The lowest BCUT2D eigenvalue weighted by atomic mass is 10.1. The molecule has 1 amide bonds. The predicted molar refractivity (Wildman–Crippen MR) is 124 cm³/mol. The summed E-state index contributed by atoms with van der Waals surface area (Å²) >= 11 is 12.5. The van der Waals surface area contributed by atoms with E-state index in [-0.39, 0.29) is 5.91 Å². The summed E-state index contributed by atoms with van der Waals surface area (Å²) in [5.41, 5.74) is 2.67. The molecule has 0 radical (unpaired) electrons. The zero-order chi connectivity index (χ0) is 21.5. The molecule has 162 valence electrons. The second kappa shape index (κ2) is 10.9. The maximum atomic E-state index is 11.8. The van der Waals surface area contributed by atoms with Gasteiger partial charge in [0.2, 0.25) is 0 Å². The quantitative estimate of drug-likeness (QED) is 0.595. The van der Waals surface area contributed by atoms with Crippen LogP contribution in [0.1, 0.15) is 28.8 Å². The number of halogens is 2. The lowest BCUT2D eigenvalue weighted by Gasteiger charge is -2.36. The highest BCUT2D eigenvalue weighted by Crippen LogP contribution is 2.32. The Morgan fingerprint density at radius 2 is 1.87 bits per heavy atom. The molecule has 30 heavy (non-hydrogen) atoms. The van der Waals surface area contributed by atoms with Crippen LogP contribution in [-0.2, 0) is 0 Å². The Labute approximate surface area is 188 Å². The van der Waals surface area contributed by atoms with E-state index in [0.29, 0.717) is 22.2 Å². The Morgan fingerprint density at radius 1 is 1.10 bits per heavy atom. The van der Waals surface area contributed by atoms with Crippen molar-refractivity contribution in [3.05, 3.63) is 57.6 Å². The number of nitrogens with one attached hydrogen (secondary N) is 1. The molecule has 2 aromatic rings. The summed E-state index contributed by atoms with van der Waals surface area (Å²) < 4.78 is 5.88. The van der Waals surface area contributed by atoms with Crippen molar-refractivity contribution in [2.75, 3.05) is 51.3 Å². The summed E-state index contributed by atoms with van der Waals surface area (Å²) in [5.74, 6) is 0.655. The first-order chi connectivity index (χ1) is 14.5. The fourth-order valence-corrected chi connectivity index (χ4v) is 4.10. The molecule has 3 rings (SSSR count). The van der Waals surface area contributed by atoms with E-state index >= 15 is 0 Å². The third-order valence-corrected chi connectivity index (χ3v) is 6.13. The van der Waals surface area contributed by atoms with E-state index in [1.165, 1.54) is 0 Å². The average molecular weight is 450 g/mol. The SMILES string of the molecule is CNC(=O)c1cc(C)cc(OCCCCN2CCN(c3cccc(Cl)c3Cl)CC2)c1. The van der Waals surface area contributed by atoms with Gasteiger partial charge in [0.15, 0.2) is 0 Å². The van der Waals surface area contributed by atoms with E-state index in [0.717, 1.165) is 62.6 Å². The van der Waals surface area contributed by atoms with Gasteiger partial charge in [0.1, 0.15) is 5.75 Å². The Hall–Kier alpha value is -1.95. The number of carbonyl (C=O) groups is 1. The highest BCUT2D eigenvalue weighted by Gasteiger charge is 2.19. The molecule has 5 nitrogen and oxygen atoms in total. The van der Waals surface area contributed by atoms with Gasteiger partial charge < -0.3 is 15.0 Å². The topological polar surface area (TPSA) is 44.8 Å². The van der Waals surface area contributed by atoms with Crippen molar-refractivity contribution in [1.29, 1.82) is 0 Å². The number of anilines is 1. The molecule has 1 N–H and O–H groups in total. The molecular weight excluding hydrogens is 421 g/mol. The molecule has 7 heteroatoms. The number of hydrogen-bond donors (Lipinski definition) is 1. The number of nitrogens with zero attached hydrogens (tertiary/aromatic N) is 2. The molecular formula is C23H29Cl2N3O2. The molecule has 1 saturated heterocycles. The Kier molecular flexibility index (Phi) is 8.25. The number of rotatable bonds is 8. The number of benzene rings is 2. The van der Waals surface area contributed by atoms with Gasteiger partial charge in [-0.15, -0.1) is 0 Å². The van der Waals surface area contributed by atoms with Crippen LogP contribution < -0.4 is 15.0 Å². The van der Waals surface area contributed by atoms with E-state index in [9.17, 15) is 4.79 Å².